The zero-order valence-electron chi connectivity index (χ0n) is 10.6. The number of carbonyl (C=O) groups is 1. The van der Waals surface area contributed by atoms with Gasteiger partial charge in [0.05, 0.1) is 11.4 Å². The minimum absolute atomic E-state index is 0.0944. The minimum Gasteiger partial charge on any atom is -0.476 e. The van der Waals surface area contributed by atoms with Crippen LogP contribution in [0.15, 0.2) is 41.6 Å². The Morgan fingerprint density at radius 2 is 2.00 bits per heavy atom. The molecule has 8 heteroatoms. The van der Waals surface area contributed by atoms with Crippen LogP contribution in [-0.2, 0) is 0 Å². The van der Waals surface area contributed by atoms with E-state index in [1.807, 2.05) is 0 Å². The van der Waals surface area contributed by atoms with Crippen molar-refractivity contribution in [1.82, 2.24) is 9.78 Å². The van der Waals surface area contributed by atoms with E-state index in [1.54, 1.807) is 36.4 Å². The van der Waals surface area contributed by atoms with Gasteiger partial charge in [0.25, 0.3) is 0 Å². The summed E-state index contributed by atoms with van der Waals surface area (Å²) in [5.41, 5.74) is 3.17. The van der Waals surface area contributed by atoms with Crippen LogP contribution < -0.4 is 5.43 Å². The Hall–Kier alpha value is -3.65. The molecule has 0 saturated heterocycles. The number of nitriles is 2. The quantitative estimate of drug-likeness (QED) is 0.643. The maximum atomic E-state index is 10.8. The van der Waals surface area contributed by atoms with Crippen LogP contribution in [0.3, 0.4) is 0 Å². The number of anilines is 1. The molecule has 21 heavy (non-hydrogen) atoms. The van der Waals surface area contributed by atoms with Crippen molar-refractivity contribution < 1.29 is 9.90 Å². The van der Waals surface area contributed by atoms with E-state index in [1.165, 1.54) is 16.9 Å². The lowest BCUT2D eigenvalue weighted by atomic mass is 10.3. The molecule has 0 aliphatic rings. The molecule has 0 bridgehead atoms. The van der Waals surface area contributed by atoms with E-state index in [4.69, 9.17) is 15.6 Å². The molecule has 1 heterocycles. The maximum absolute atomic E-state index is 10.8. The van der Waals surface area contributed by atoms with Gasteiger partial charge in [0.15, 0.2) is 5.69 Å². The fraction of sp³-hybridized carbons (Fsp3) is 0. The van der Waals surface area contributed by atoms with Crippen molar-refractivity contribution in [3.05, 3.63) is 42.2 Å². The average Bonchev–Trinajstić information content (AvgIpc) is 2.98. The Kier molecular flexibility index (Phi) is 3.93. The molecule has 0 aliphatic carbocycles. The van der Waals surface area contributed by atoms with Crippen LogP contribution in [0.4, 0.5) is 5.69 Å². The van der Waals surface area contributed by atoms with Gasteiger partial charge >= 0.3 is 5.97 Å². The predicted octanol–water partition coefficient (Wildman–Crippen LogP) is 1.39. The molecule has 102 valence electrons. The van der Waals surface area contributed by atoms with E-state index in [2.05, 4.69) is 15.6 Å². The number of aromatic carboxylic acids is 1. The van der Waals surface area contributed by atoms with Crippen LogP contribution in [0.1, 0.15) is 10.5 Å². The molecule has 0 amide bonds. The first-order valence-electron chi connectivity index (χ1n) is 5.68. The third-order valence-corrected chi connectivity index (χ3v) is 2.46. The van der Waals surface area contributed by atoms with Gasteiger partial charge in [-0.25, -0.2) is 9.48 Å². The van der Waals surface area contributed by atoms with Gasteiger partial charge in [-0.15, -0.1) is 0 Å². The number of carboxylic acids is 1. The van der Waals surface area contributed by atoms with Crippen molar-refractivity contribution in [1.29, 1.82) is 10.5 Å². The lowest BCUT2D eigenvalue weighted by Crippen LogP contribution is -2.04. The second-order valence-corrected chi connectivity index (χ2v) is 3.76. The highest BCUT2D eigenvalue weighted by Crippen LogP contribution is 2.19. The number of hydrazone groups is 1. The average molecular weight is 280 g/mol. The Balaban J connectivity index is 2.37. The molecular formula is C13H8N6O2. The Morgan fingerprint density at radius 1 is 1.29 bits per heavy atom. The topological polar surface area (TPSA) is 127 Å². The summed E-state index contributed by atoms with van der Waals surface area (Å²) in [4.78, 5) is 10.8. The fourth-order valence-electron chi connectivity index (χ4n) is 1.53. The largest absolute Gasteiger partial charge is 0.476 e. The number of nitrogens with one attached hydrogen (secondary N) is 1. The molecule has 1 aromatic carbocycles. The lowest BCUT2D eigenvalue weighted by molar-refractivity contribution is 0.0690. The van der Waals surface area contributed by atoms with E-state index >= 15 is 0 Å². The summed E-state index contributed by atoms with van der Waals surface area (Å²) in [5, 5.41) is 33.7. The second-order valence-electron chi connectivity index (χ2n) is 3.76. The lowest BCUT2D eigenvalue weighted by Gasteiger charge is -2.08. The zero-order chi connectivity index (χ0) is 15.2. The predicted molar refractivity (Wildman–Crippen MR) is 72.8 cm³/mol. The van der Waals surface area contributed by atoms with Crippen molar-refractivity contribution >= 4 is 17.4 Å². The van der Waals surface area contributed by atoms with Gasteiger partial charge in [0.1, 0.15) is 12.1 Å². The number of hydrogen-bond acceptors (Lipinski definition) is 6. The van der Waals surface area contributed by atoms with Gasteiger partial charge in [-0.2, -0.15) is 20.7 Å². The molecule has 0 unspecified atom stereocenters. The first-order valence-corrected chi connectivity index (χ1v) is 5.68. The van der Waals surface area contributed by atoms with E-state index < -0.39 is 5.97 Å². The molecule has 0 aliphatic heterocycles. The Labute approximate surface area is 119 Å². The van der Waals surface area contributed by atoms with Gasteiger partial charge < -0.3 is 5.11 Å². The van der Waals surface area contributed by atoms with Gasteiger partial charge in [0.2, 0.25) is 5.71 Å². The molecule has 8 nitrogen and oxygen atoms in total. The van der Waals surface area contributed by atoms with E-state index in [0.29, 0.717) is 11.4 Å². The number of para-hydroxylation sites is 2. The molecule has 0 radical (unpaired) electrons. The summed E-state index contributed by atoms with van der Waals surface area (Å²) < 4.78 is 1.36. The molecule has 0 saturated carbocycles. The van der Waals surface area contributed by atoms with Crippen LogP contribution in [-0.4, -0.2) is 26.6 Å². The summed E-state index contributed by atoms with van der Waals surface area (Å²) in [6.07, 6.45) is 1.49. The van der Waals surface area contributed by atoms with Crippen molar-refractivity contribution in [2.75, 3.05) is 5.43 Å². The number of aromatic nitrogens is 2. The summed E-state index contributed by atoms with van der Waals surface area (Å²) in [6, 6.07) is 11.4. The summed E-state index contributed by atoms with van der Waals surface area (Å²) in [5.74, 6) is -1.13. The molecule has 2 aromatic rings. The zero-order valence-corrected chi connectivity index (χ0v) is 10.6. The third kappa shape index (κ3) is 3.03. The van der Waals surface area contributed by atoms with Crippen molar-refractivity contribution in [2.45, 2.75) is 0 Å². The van der Waals surface area contributed by atoms with E-state index in [9.17, 15) is 4.79 Å². The highest BCUT2D eigenvalue weighted by molar-refractivity contribution is 6.10. The van der Waals surface area contributed by atoms with E-state index in [-0.39, 0.29) is 11.4 Å². The fourth-order valence-corrected chi connectivity index (χ4v) is 1.53. The number of hydrogen-bond donors (Lipinski definition) is 2. The highest BCUT2D eigenvalue weighted by Gasteiger charge is 2.10. The molecule has 0 atom stereocenters. The number of rotatable bonds is 4. The number of carboxylic acid groups (broad SMARTS) is 1. The summed E-state index contributed by atoms with van der Waals surface area (Å²) >= 11 is 0. The molecule has 0 spiro atoms. The highest BCUT2D eigenvalue weighted by atomic mass is 16.4. The normalized spacial score (nSPS) is 9.24. The van der Waals surface area contributed by atoms with Crippen molar-refractivity contribution in [2.24, 2.45) is 5.10 Å². The maximum Gasteiger partial charge on any atom is 0.356 e. The first kappa shape index (κ1) is 13.8. The van der Waals surface area contributed by atoms with Crippen LogP contribution in [0, 0.1) is 22.7 Å². The summed E-state index contributed by atoms with van der Waals surface area (Å²) in [7, 11) is 0. The van der Waals surface area contributed by atoms with Gasteiger partial charge in [-0.05, 0) is 18.2 Å². The SMILES string of the molecule is N#CC(C#N)=NNc1ccccc1-n1ccc(C(=O)O)n1. The van der Waals surface area contributed by atoms with E-state index in [0.717, 1.165) is 0 Å². The molecule has 2 N–H and O–H groups in total. The van der Waals surface area contributed by atoms with Crippen LogP contribution in [0.5, 0.6) is 0 Å². The van der Waals surface area contributed by atoms with Crippen molar-refractivity contribution in [3.8, 4) is 17.8 Å². The smallest absolute Gasteiger partial charge is 0.356 e. The van der Waals surface area contributed by atoms with Crippen LogP contribution in [0.2, 0.25) is 0 Å². The standard InChI is InChI=1S/C13H8N6O2/c14-7-9(8-15)16-17-10-3-1-2-4-12(10)19-6-5-11(18-19)13(20)21/h1-6,17H,(H,20,21). The second kappa shape index (κ2) is 5.99. The van der Waals surface area contributed by atoms with Crippen LogP contribution in [0.25, 0.3) is 5.69 Å². The Bertz CT molecular complexity index is 777. The molecule has 1 aromatic heterocycles. The van der Waals surface area contributed by atoms with Gasteiger partial charge in [-0.3, -0.25) is 5.43 Å². The molecular weight excluding hydrogens is 272 g/mol. The third-order valence-electron chi connectivity index (χ3n) is 2.46. The summed E-state index contributed by atoms with van der Waals surface area (Å²) in [6.45, 7) is 0. The molecule has 2 rings (SSSR count). The minimum atomic E-state index is -1.13. The number of nitrogens with zero attached hydrogens (tertiary/aromatic N) is 5. The molecule has 0 fully saturated rings. The van der Waals surface area contributed by atoms with Gasteiger partial charge in [0, 0.05) is 6.20 Å². The monoisotopic (exact) mass is 280 g/mol. The van der Waals surface area contributed by atoms with Gasteiger partial charge in [-0.1, -0.05) is 12.1 Å². The first-order chi connectivity index (χ1) is 10.2. The van der Waals surface area contributed by atoms with Crippen molar-refractivity contribution in [3.63, 3.8) is 0 Å². The number of benzene rings is 1. The van der Waals surface area contributed by atoms with Crippen LogP contribution >= 0.6 is 0 Å². The Morgan fingerprint density at radius 3 is 2.62 bits per heavy atom.